The number of phenolic OH excluding ortho intramolecular Hbond substituents is 1. The molecule has 0 saturated carbocycles. The first kappa shape index (κ1) is 12.2. The van der Waals surface area contributed by atoms with Gasteiger partial charge in [0, 0.05) is 17.4 Å². The average molecular weight is 247 g/mol. The fraction of sp³-hybridized carbons (Fsp3) is 0.333. The lowest BCUT2D eigenvalue weighted by molar-refractivity contribution is -0.122. The van der Waals surface area contributed by atoms with E-state index in [2.05, 4.69) is 15.7 Å². The highest BCUT2D eigenvalue weighted by atomic mass is 16.3. The smallest absolute Gasteiger partial charge is 0.241 e. The number of nitroso groups, excluding NO2 is 1. The van der Waals surface area contributed by atoms with E-state index in [4.69, 9.17) is 0 Å². The van der Waals surface area contributed by atoms with Crippen LogP contribution in [-0.2, 0) is 4.79 Å². The van der Waals surface area contributed by atoms with E-state index in [9.17, 15) is 14.8 Å². The predicted molar refractivity (Wildman–Crippen MR) is 66.6 cm³/mol. The summed E-state index contributed by atoms with van der Waals surface area (Å²) >= 11 is 0. The van der Waals surface area contributed by atoms with E-state index in [1.165, 1.54) is 18.2 Å². The SMILES string of the molecule is CC1(C)CC(=O)NN=C1c1cc(N=O)ccc1O. The minimum Gasteiger partial charge on any atom is -0.507 e. The third kappa shape index (κ3) is 2.09. The van der Waals surface area contributed by atoms with Gasteiger partial charge in [-0.1, -0.05) is 13.8 Å². The lowest BCUT2D eigenvalue weighted by Gasteiger charge is -2.29. The molecule has 1 heterocycles. The van der Waals surface area contributed by atoms with Crippen LogP contribution < -0.4 is 5.43 Å². The van der Waals surface area contributed by atoms with Crippen LogP contribution in [0.15, 0.2) is 28.5 Å². The molecule has 1 aliphatic rings. The van der Waals surface area contributed by atoms with Crippen molar-refractivity contribution in [1.29, 1.82) is 0 Å². The number of carbonyl (C=O) groups is 1. The predicted octanol–water partition coefficient (Wildman–Crippen LogP) is 2.04. The van der Waals surface area contributed by atoms with Crippen LogP contribution in [0, 0.1) is 10.3 Å². The number of nitrogens with one attached hydrogen (secondary N) is 1. The van der Waals surface area contributed by atoms with Crippen LogP contribution in [0.1, 0.15) is 25.8 Å². The van der Waals surface area contributed by atoms with Crippen molar-refractivity contribution in [2.45, 2.75) is 20.3 Å². The normalized spacial score (nSPS) is 17.9. The minimum absolute atomic E-state index is 0.00498. The number of hydrazone groups is 1. The molecule has 0 spiro atoms. The van der Waals surface area contributed by atoms with Crippen molar-refractivity contribution in [2.24, 2.45) is 15.7 Å². The van der Waals surface area contributed by atoms with Crippen molar-refractivity contribution in [1.82, 2.24) is 5.43 Å². The monoisotopic (exact) mass is 247 g/mol. The summed E-state index contributed by atoms with van der Waals surface area (Å²) in [5.74, 6) is -0.168. The molecule has 1 amide bonds. The van der Waals surface area contributed by atoms with Crippen LogP contribution in [0.3, 0.4) is 0 Å². The first-order valence-corrected chi connectivity index (χ1v) is 5.48. The minimum atomic E-state index is -0.513. The first-order chi connectivity index (χ1) is 8.44. The van der Waals surface area contributed by atoms with Crippen molar-refractivity contribution in [3.63, 3.8) is 0 Å². The molecule has 1 aliphatic heterocycles. The van der Waals surface area contributed by atoms with Crippen molar-refractivity contribution in [3.05, 3.63) is 28.7 Å². The lowest BCUT2D eigenvalue weighted by atomic mass is 9.79. The van der Waals surface area contributed by atoms with Gasteiger partial charge in [-0.25, -0.2) is 5.43 Å². The molecule has 0 fully saturated rings. The van der Waals surface area contributed by atoms with Gasteiger partial charge in [-0.3, -0.25) is 4.79 Å². The maximum absolute atomic E-state index is 11.3. The van der Waals surface area contributed by atoms with Crippen molar-refractivity contribution < 1.29 is 9.90 Å². The largest absolute Gasteiger partial charge is 0.507 e. The van der Waals surface area contributed by atoms with E-state index in [1.807, 2.05) is 13.8 Å². The summed E-state index contributed by atoms with van der Waals surface area (Å²) in [7, 11) is 0. The number of aromatic hydroxyl groups is 1. The fourth-order valence-corrected chi connectivity index (χ4v) is 1.99. The summed E-state index contributed by atoms with van der Waals surface area (Å²) in [6, 6.07) is 4.27. The van der Waals surface area contributed by atoms with E-state index in [-0.39, 0.29) is 23.8 Å². The molecule has 0 radical (unpaired) electrons. The molecular formula is C12H13N3O3. The van der Waals surface area contributed by atoms with Crippen LogP contribution in [0.4, 0.5) is 5.69 Å². The van der Waals surface area contributed by atoms with E-state index in [0.717, 1.165) is 0 Å². The topological polar surface area (TPSA) is 91.1 Å². The molecule has 2 N–H and O–H groups in total. The summed E-state index contributed by atoms with van der Waals surface area (Å²) in [6.45, 7) is 3.70. The maximum Gasteiger partial charge on any atom is 0.241 e. The lowest BCUT2D eigenvalue weighted by Crippen LogP contribution is -2.39. The molecule has 0 aliphatic carbocycles. The number of hydrogen-bond donors (Lipinski definition) is 2. The number of nitrogens with zero attached hydrogens (tertiary/aromatic N) is 2. The van der Waals surface area contributed by atoms with E-state index < -0.39 is 5.41 Å². The van der Waals surface area contributed by atoms with Gasteiger partial charge in [0.05, 0.1) is 5.71 Å². The summed E-state index contributed by atoms with van der Waals surface area (Å²) in [6.07, 6.45) is 0.268. The van der Waals surface area contributed by atoms with Gasteiger partial charge in [-0.05, 0) is 23.4 Å². The second-order valence-corrected chi connectivity index (χ2v) is 4.85. The number of amides is 1. The summed E-state index contributed by atoms with van der Waals surface area (Å²) < 4.78 is 0. The molecule has 94 valence electrons. The van der Waals surface area contributed by atoms with Crippen LogP contribution in [0.5, 0.6) is 5.75 Å². The van der Waals surface area contributed by atoms with Gasteiger partial charge in [0.15, 0.2) is 0 Å². The van der Waals surface area contributed by atoms with Crippen molar-refractivity contribution >= 4 is 17.3 Å². The Hall–Kier alpha value is -2.24. The number of carbonyl (C=O) groups excluding carboxylic acids is 1. The zero-order chi connectivity index (χ0) is 13.3. The molecule has 6 heteroatoms. The van der Waals surface area contributed by atoms with E-state index in [1.54, 1.807) is 0 Å². The zero-order valence-electron chi connectivity index (χ0n) is 10.1. The van der Waals surface area contributed by atoms with Gasteiger partial charge in [-0.15, -0.1) is 4.91 Å². The number of hydrogen-bond acceptors (Lipinski definition) is 5. The van der Waals surface area contributed by atoms with Gasteiger partial charge < -0.3 is 5.11 Å². The average Bonchev–Trinajstić information content (AvgIpc) is 2.29. The second kappa shape index (κ2) is 4.21. The maximum atomic E-state index is 11.3. The number of phenols is 1. The molecule has 0 unspecified atom stereocenters. The molecule has 0 saturated heterocycles. The molecular weight excluding hydrogens is 234 g/mol. The third-order valence-electron chi connectivity index (χ3n) is 2.88. The molecule has 0 atom stereocenters. The van der Waals surface area contributed by atoms with E-state index in [0.29, 0.717) is 11.3 Å². The van der Waals surface area contributed by atoms with Crippen LogP contribution in [0.25, 0.3) is 0 Å². The van der Waals surface area contributed by atoms with Crippen LogP contribution >= 0.6 is 0 Å². The van der Waals surface area contributed by atoms with Gasteiger partial charge in [-0.2, -0.15) is 5.10 Å². The van der Waals surface area contributed by atoms with Gasteiger partial charge >= 0.3 is 0 Å². The third-order valence-corrected chi connectivity index (χ3v) is 2.88. The highest BCUT2D eigenvalue weighted by Crippen LogP contribution is 2.34. The first-order valence-electron chi connectivity index (χ1n) is 5.48. The van der Waals surface area contributed by atoms with E-state index >= 15 is 0 Å². The Kier molecular flexibility index (Phi) is 2.86. The Balaban J connectivity index is 2.54. The highest BCUT2D eigenvalue weighted by molar-refractivity contribution is 6.10. The Morgan fingerprint density at radius 3 is 2.78 bits per heavy atom. The van der Waals surface area contributed by atoms with Crippen LogP contribution in [-0.4, -0.2) is 16.7 Å². The zero-order valence-corrected chi connectivity index (χ0v) is 10.1. The summed E-state index contributed by atoms with van der Waals surface area (Å²) in [5, 5.41) is 16.7. The summed E-state index contributed by atoms with van der Waals surface area (Å²) in [4.78, 5) is 21.8. The van der Waals surface area contributed by atoms with Gasteiger partial charge in [0.2, 0.25) is 5.91 Å². The molecule has 6 nitrogen and oxygen atoms in total. The summed E-state index contributed by atoms with van der Waals surface area (Å²) in [5.41, 5.74) is 3.02. The Bertz CT molecular complexity index is 549. The highest BCUT2D eigenvalue weighted by Gasteiger charge is 2.34. The van der Waals surface area contributed by atoms with Crippen LogP contribution in [0.2, 0.25) is 0 Å². The molecule has 2 rings (SSSR count). The second-order valence-electron chi connectivity index (χ2n) is 4.85. The van der Waals surface area contributed by atoms with Crippen molar-refractivity contribution in [2.75, 3.05) is 0 Å². The standard InChI is InChI=1S/C12H13N3O3/c1-12(2)6-10(17)13-14-11(12)8-5-7(15-18)3-4-9(8)16/h3-5,16H,6H2,1-2H3,(H,13,17). The molecule has 18 heavy (non-hydrogen) atoms. The number of benzene rings is 1. The molecule has 1 aromatic rings. The number of rotatable bonds is 2. The Labute approximate surface area is 104 Å². The molecule has 0 aromatic heterocycles. The Morgan fingerprint density at radius 2 is 2.17 bits per heavy atom. The Morgan fingerprint density at radius 1 is 1.44 bits per heavy atom. The van der Waals surface area contributed by atoms with Gasteiger partial charge in [0.1, 0.15) is 11.4 Å². The molecule has 0 bridgehead atoms. The molecule has 1 aromatic carbocycles. The van der Waals surface area contributed by atoms with Crippen molar-refractivity contribution in [3.8, 4) is 5.75 Å². The van der Waals surface area contributed by atoms with Gasteiger partial charge in [0.25, 0.3) is 0 Å². The fourth-order valence-electron chi connectivity index (χ4n) is 1.99. The quantitative estimate of drug-likeness (QED) is 0.783.